The van der Waals surface area contributed by atoms with Crippen LogP contribution in [0.2, 0.25) is 0 Å². The van der Waals surface area contributed by atoms with Crippen molar-refractivity contribution in [1.29, 1.82) is 5.26 Å². The molecule has 19 heavy (non-hydrogen) atoms. The molecule has 0 saturated heterocycles. The van der Waals surface area contributed by atoms with Crippen LogP contribution in [0.1, 0.15) is 32.8 Å². The number of fused-ring (bicyclic) bond motifs is 1. The van der Waals surface area contributed by atoms with Gasteiger partial charge in [0.25, 0.3) is 0 Å². The van der Waals surface area contributed by atoms with Crippen molar-refractivity contribution in [1.82, 2.24) is 0 Å². The summed E-state index contributed by atoms with van der Waals surface area (Å²) in [4.78, 5) is 0. The topological polar surface area (TPSA) is 53.2 Å². The van der Waals surface area contributed by atoms with Gasteiger partial charge < -0.3 is 9.84 Å². The van der Waals surface area contributed by atoms with Gasteiger partial charge in [0, 0.05) is 6.42 Å². The molecule has 3 atom stereocenters. The minimum atomic E-state index is -1.07. The zero-order valence-electron chi connectivity index (χ0n) is 11.8. The Balaban J connectivity index is 2.40. The van der Waals surface area contributed by atoms with E-state index in [1.165, 1.54) is 0 Å². The molecule has 1 heterocycles. The van der Waals surface area contributed by atoms with Crippen LogP contribution in [-0.2, 0) is 6.42 Å². The van der Waals surface area contributed by atoms with Crippen LogP contribution in [0.4, 0.5) is 0 Å². The lowest BCUT2D eigenvalue weighted by Crippen LogP contribution is -2.55. The maximum Gasteiger partial charge on any atom is 0.124 e. The highest BCUT2D eigenvalue weighted by molar-refractivity contribution is 5.38. The Morgan fingerprint density at radius 1 is 1.53 bits per heavy atom. The number of aliphatic hydroxyl groups is 1. The van der Waals surface area contributed by atoms with E-state index in [0.29, 0.717) is 6.42 Å². The van der Waals surface area contributed by atoms with Crippen LogP contribution < -0.4 is 4.74 Å². The quantitative estimate of drug-likeness (QED) is 0.908. The van der Waals surface area contributed by atoms with Crippen LogP contribution >= 0.6 is 0 Å². The molecule has 0 bridgehead atoms. The lowest BCUT2D eigenvalue weighted by Gasteiger charge is -2.45. The second-order valence-electron chi connectivity index (χ2n) is 5.72. The van der Waals surface area contributed by atoms with E-state index in [1.807, 2.05) is 38.1 Å². The van der Waals surface area contributed by atoms with Crippen molar-refractivity contribution in [2.75, 3.05) is 6.61 Å². The van der Waals surface area contributed by atoms with Gasteiger partial charge >= 0.3 is 0 Å². The Labute approximate surface area is 114 Å². The van der Waals surface area contributed by atoms with Crippen LogP contribution in [0, 0.1) is 22.7 Å². The van der Waals surface area contributed by atoms with E-state index in [4.69, 9.17) is 4.74 Å². The van der Waals surface area contributed by atoms with Crippen LogP contribution in [0.15, 0.2) is 24.3 Å². The molecule has 0 radical (unpaired) electrons. The first-order chi connectivity index (χ1) is 8.97. The molecular weight excluding hydrogens is 238 g/mol. The van der Waals surface area contributed by atoms with Crippen molar-refractivity contribution < 1.29 is 9.84 Å². The maximum atomic E-state index is 10.9. The molecule has 0 saturated carbocycles. The molecule has 1 N–H and O–H groups in total. The van der Waals surface area contributed by atoms with Gasteiger partial charge in [0.15, 0.2) is 0 Å². The lowest BCUT2D eigenvalue weighted by atomic mass is 9.64. The summed E-state index contributed by atoms with van der Waals surface area (Å²) in [5.74, 6) is 0.870. The molecule has 3 nitrogen and oxygen atoms in total. The van der Waals surface area contributed by atoms with E-state index in [9.17, 15) is 10.4 Å². The van der Waals surface area contributed by atoms with Crippen LogP contribution in [0.25, 0.3) is 0 Å². The van der Waals surface area contributed by atoms with Crippen LogP contribution in [-0.4, -0.2) is 17.3 Å². The predicted octanol–water partition coefficient (Wildman–Crippen LogP) is 2.93. The molecule has 3 heteroatoms. The average molecular weight is 259 g/mol. The number of ether oxygens (including phenoxy) is 1. The number of nitriles is 1. The average Bonchev–Trinajstić information content (AvgIpc) is 2.45. The van der Waals surface area contributed by atoms with Crippen molar-refractivity contribution in [2.24, 2.45) is 11.3 Å². The Bertz CT molecular complexity index is 504. The maximum absolute atomic E-state index is 10.9. The number of nitrogens with zero attached hydrogens (tertiary/aromatic N) is 1. The molecule has 1 aliphatic rings. The number of rotatable bonds is 3. The Morgan fingerprint density at radius 3 is 2.84 bits per heavy atom. The number of hydrogen-bond donors (Lipinski definition) is 1. The fraction of sp³-hybridized carbons (Fsp3) is 0.562. The van der Waals surface area contributed by atoms with Gasteiger partial charge in [0.05, 0.1) is 11.7 Å². The van der Waals surface area contributed by atoms with Crippen molar-refractivity contribution in [3.63, 3.8) is 0 Å². The highest BCUT2D eigenvalue weighted by Gasteiger charge is 2.53. The minimum Gasteiger partial charge on any atom is -0.492 e. The molecule has 3 unspecified atom stereocenters. The van der Waals surface area contributed by atoms with Gasteiger partial charge in [-0.2, -0.15) is 5.26 Å². The summed E-state index contributed by atoms with van der Waals surface area (Å²) < 4.78 is 5.73. The van der Waals surface area contributed by atoms with E-state index in [0.717, 1.165) is 17.7 Å². The summed E-state index contributed by atoms with van der Waals surface area (Å²) in [6, 6.07) is 10.1. The third kappa shape index (κ3) is 2.11. The van der Waals surface area contributed by atoms with Gasteiger partial charge in [0.2, 0.25) is 0 Å². The third-order valence-electron chi connectivity index (χ3n) is 4.69. The van der Waals surface area contributed by atoms with Crippen LogP contribution in [0.3, 0.4) is 0 Å². The molecule has 0 amide bonds. The first-order valence-corrected chi connectivity index (χ1v) is 6.81. The summed E-state index contributed by atoms with van der Waals surface area (Å²) in [7, 11) is 0. The first-order valence-electron chi connectivity index (χ1n) is 6.81. The largest absolute Gasteiger partial charge is 0.492 e. The number of para-hydroxylation sites is 1. The van der Waals surface area contributed by atoms with E-state index in [1.54, 1.807) is 6.92 Å². The van der Waals surface area contributed by atoms with Crippen molar-refractivity contribution in [3.05, 3.63) is 29.8 Å². The summed E-state index contributed by atoms with van der Waals surface area (Å²) in [5, 5.41) is 20.5. The van der Waals surface area contributed by atoms with Gasteiger partial charge in [-0.1, -0.05) is 38.5 Å². The highest BCUT2D eigenvalue weighted by Crippen LogP contribution is 2.45. The lowest BCUT2D eigenvalue weighted by molar-refractivity contribution is -0.104. The van der Waals surface area contributed by atoms with Gasteiger partial charge in [0.1, 0.15) is 17.8 Å². The van der Waals surface area contributed by atoms with Gasteiger partial charge in [-0.15, -0.1) is 0 Å². The van der Waals surface area contributed by atoms with E-state index in [-0.39, 0.29) is 12.5 Å². The molecule has 0 aromatic heterocycles. The highest BCUT2D eigenvalue weighted by atomic mass is 16.5. The monoisotopic (exact) mass is 259 g/mol. The summed E-state index contributed by atoms with van der Waals surface area (Å²) in [6.45, 7) is 6.03. The molecule has 2 rings (SSSR count). The molecule has 1 aromatic carbocycles. The molecule has 0 spiro atoms. The van der Waals surface area contributed by atoms with E-state index in [2.05, 4.69) is 6.07 Å². The zero-order valence-corrected chi connectivity index (χ0v) is 11.8. The molecule has 1 aromatic rings. The van der Waals surface area contributed by atoms with Crippen molar-refractivity contribution in [2.45, 2.75) is 39.2 Å². The normalized spacial score (nSPS) is 26.5. The summed E-state index contributed by atoms with van der Waals surface area (Å²) in [6.07, 6.45) is 1.37. The fourth-order valence-electron chi connectivity index (χ4n) is 2.75. The second-order valence-corrected chi connectivity index (χ2v) is 5.72. The predicted molar refractivity (Wildman–Crippen MR) is 73.8 cm³/mol. The Kier molecular flexibility index (Phi) is 3.56. The Hall–Kier alpha value is -1.53. The van der Waals surface area contributed by atoms with Crippen LogP contribution in [0.5, 0.6) is 5.75 Å². The molecule has 0 fully saturated rings. The van der Waals surface area contributed by atoms with Gasteiger partial charge in [-0.3, -0.25) is 0 Å². The Morgan fingerprint density at radius 2 is 2.21 bits per heavy atom. The fourth-order valence-corrected chi connectivity index (χ4v) is 2.75. The van der Waals surface area contributed by atoms with Gasteiger partial charge in [-0.05, 0) is 24.5 Å². The first kappa shape index (κ1) is 13.9. The molecule has 102 valence electrons. The van der Waals surface area contributed by atoms with Gasteiger partial charge in [-0.25, -0.2) is 0 Å². The summed E-state index contributed by atoms with van der Waals surface area (Å²) >= 11 is 0. The summed E-state index contributed by atoms with van der Waals surface area (Å²) in [5.41, 5.74) is -0.945. The molecular formula is C16H21NO2. The molecule has 0 aliphatic carbocycles. The van der Waals surface area contributed by atoms with Crippen molar-refractivity contribution >= 4 is 0 Å². The number of hydrogen-bond acceptors (Lipinski definition) is 3. The second kappa shape index (κ2) is 4.86. The third-order valence-corrected chi connectivity index (χ3v) is 4.69. The molecule has 1 aliphatic heterocycles. The van der Waals surface area contributed by atoms with Crippen molar-refractivity contribution in [3.8, 4) is 11.8 Å². The number of benzene rings is 1. The zero-order chi connectivity index (χ0) is 14.1. The standard InChI is InChI=1S/C16H21NO2/c1-4-12(2)15(3,18)16(10-17)9-13-7-5-6-8-14(13)19-11-16/h5-8,12,18H,4,9,11H2,1-3H3. The SMILES string of the molecule is CCC(C)C(C)(O)C1(C#N)COc2ccccc2C1. The smallest absolute Gasteiger partial charge is 0.124 e. The minimum absolute atomic E-state index is 0.0426. The van der Waals surface area contributed by atoms with E-state index < -0.39 is 11.0 Å². The van der Waals surface area contributed by atoms with E-state index >= 15 is 0 Å².